The van der Waals surface area contributed by atoms with E-state index in [1.807, 2.05) is 11.9 Å². The van der Waals surface area contributed by atoms with E-state index in [-0.39, 0.29) is 0 Å². The van der Waals surface area contributed by atoms with Crippen molar-refractivity contribution in [1.29, 1.82) is 0 Å². The second-order valence-corrected chi connectivity index (χ2v) is 4.44. The fourth-order valence-electron chi connectivity index (χ4n) is 1.81. The summed E-state index contributed by atoms with van der Waals surface area (Å²) in [5, 5.41) is 0.451. The van der Waals surface area contributed by atoms with Gasteiger partial charge in [0.2, 0.25) is 0 Å². The van der Waals surface area contributed by atoms with Gasteiger partial charge in [-0.25, -0.2) is 9.97 Å². The standard InChI is InChI=1S/C13H14ClN3/c1-9-4-5-11(10(2)6-9)17(3)13-7-12(14)15-8-16-13/h4-8H,1-3H3. The first-order valence-electron chi connectivity index (χ1n) is 5.36. The van der Waals surface area contributed by atoms with Gasteiger partial charge in [-0.3, -0.25) is 0 Å². The summed E-state index contributed by atoms with van der Waals surface area (Å²) >= 11 is 5.86. The van der Waals surface area contributed by atoms with E-state index in [4.69, 9.17) is 11.6 Å². The summed E-state index contributed by atoms with van der Waals surface area (Å²) in [5.41, 5.74) is 3.58. The maximum atomic E-state index is 5.86. The normalized spacial score (nSPS) is 10.4. The molecular weight excluding hydrogens is 234 g/mol. The molecule has 0 saturated carbocycles. The summed E-state index contributed by atoms with van der Waals surface area (Å²) in [6, 6.07) is 8.07. The Balaban J connectivity index is 2.40. The molecule has 1 aromatic carbocycles. The molecular formula is C13H14ClN3. The van der Waals surface area contributed by atoms with E-state index in [1.54, 1.807) is 6.07 Å². The van der Waals surface area contributed by atoms with Gasteiger partial charge in [-0.2, -0.15) is 0 Å². The highest BCUT2D eigenvalue weighted by atomic mass is 35.5. The summed E-state index contributed by atoms with van der Waals surface area (Å²) in [6.07, 6.45) is 1.47. The predicted octanol–water partition coefficient (Wildman–Crippen LogP) is 3.51. The first-order chi connectivity index (χ1) is 8.08. The van der Waals surface area contributed by atoms with Crippen molar-refractivity contribution in [1.82, 2.24) is 9.97 Å². The van der Waals surface area contributed by atoms with E-state index >= 15 is 0 Å². The van der Waals surface area contributed by atoms with Crippen LogP contribution in [0.2, 0.25) is 5.15 Å². The summed E-state index contributed by atoms with van der Waals surface area (Å²) in [4.78, 5) is 10.1. The minimum Gasteiger partial charge on any atom is -0.329 e. The fraction of sp³-hybridized carbons (Fsp3) is 0.231. The predicted molar refractivity (Wildman–Crippen MR) is 71.0 cm³/mol. The lowest BCUT2D eigenvalue weighted by molar-refractivity contribution is 1.07. The Bertz CT molecular complexity index is 540. The maximum Gasteiger partial charge on any atom is 0.137 e. The van der Waals surface area contributed by atoms with Crippen LogP contribution in [0, 0.1) is 13.8 Å². The molecule has 0 fully saturated rings. The van der Waals surface area contributed by atoms with Crippen molar-refractivity contribution in [3.63, 3.8) is 0 Å². The topological polar surface area (TPSA) is 29.0 Å². The highest BCUT2D eigenvalue weighted by molar-refractivity contribution is 6.29. The SMILES string of the molecule is Cc1ccc(N(C)c2cc(Cl)ncn2)c(C)c1. The quantitative estimate of drug-likeness (QED) is 0.761. The van der Waals surface area contributed by atoms with Crippen molar-refractivity contribution in [2.24, 2.45) is 0 Å². The lowest BCUT2D eigenvalue weighted by atomic mass is 10.1. The van der Waals surface area contributed by atoms with E-state index in [0.717, 1.165) is 11.5 Å². The molecule has 0 saturated heterocycles. The summed E-state index contributed by atoms with van der Waals surface area (Å²) in [5.74, 6) is 0.789. The molecule has 2 aromatic rings. The number of nitrogens with zero attached hydrogens (tertiary/aromatic N) is 3. The van der Waals surface area contributed by atoms with Crippen LogP contribution >= 0.6 is 11.6 Å². The zero-order valence-electron chi connectivity index (χ0n) is 10.1. The number of rotatable bonds is 2. The van der Waals surface area contributed by atoms with Gasteiger partial charge in [0, 0.05) is 18.8 Å². The molecule has 0 bridgehead atoms. The van der Waals surface area contributed by atoms with E-state index in [0.29, 0.717) is 5.15 Å². The highest BCUT2D eigenvalue weighted by Gasteiger charge is 2.08. The number of aryl methyl sites for hydroxylation is 2. The lowest BCUT2D eigenvalue weighted by Crippen LogP contribution is -2.12. The first kappa shape index (κ1) is 11.9. The largest absolute Gasteiger partial charge is 0.329 e. The van der Waals surface area contributed by atoms with Gasteiger partial charge in [0.15, 0.2) is 0 Å². The monoisotopic (exact) mass is 247 g/mol. The van der Waals surface area contributed by atoms with Gasteiger partial charge in [0.1, 0.15) is 17.3 Å². The van der Waals surface area contributed by atoms with Crippen molar-refractivity contribution in [2.45, 2.75) is 13.8 Å². The number of hydrogen-bond donors (Lipinski definition) is 0. The van der Waals surface area contributed by atoms with Gasteiger partial charge in [-0.15, -0.1) is 0 Å². The van der Waals surface area contributed by atoms with E-state index in [1.165, 1.54) is 17.5 Å². The Morgan fingerprint density at radius 3 is 2.53 bits per heavy atom. The van der Waals surface area contributed by atoms with Crippen molar-refractivity contribution in [2.75, 3.05) is 11.9 Å². The van der Waals surface area contributed by atoms with Gasteiger partial charge in [-0.05, 0) is 25.5 Å². The molecule has 3 nitrogen and oxygen atoms in total. The number of benzene rings is 1. The average Bonchev–Trinajstić information content (AvgIpc) is 2.28. The van der Waals surface area contributed by atoms with E-state index < -0.39 is 0 Å². The second kappa shape index (κ2) is 4.72. The molecule has 0 aliphatic heterocycles. The van der Waals surface area contributed by atoms with Crippen LogP contribution in [0.1, 0.15) is 11.1 Å². The third-order valence-corrected chi connectivity index (χ3v) is 2.88. The molecule has 0 aliphatic carbocycles. The van der Waals surface area contributed by atoms with E-state index in [9.17, 15) is 0 Å². The molecule has 0 N–H and O–H groups in total. The minimum atomic E-state index is 0.451. The second-order valence-electron chi connectivity index (χ2n) is 4.05. The summed E-state index contributed by atoms with van der Waals surface area (Å²) < 4.78 is 0. The molecule has 88 valence electrons. The van der Waals surface area contributed by atoms with Crippen LogP contribution in [0.25, 0.3) is 0 Å². The average molecular weight is 248 g/mol. The van der Waals surface area contributed by atoms with Crippen LogP contribution in [0.15, 0.2) is 30.6 Å². The third kappa shape index (κ3) is 2.56. The molecule has 0 spiro atoms. The number of aromatic nitrogens is 2. The number of hydrogen-bond acceptors (Lipinski definition) is 3. The van der Waals surface area contributed by atoms with Crippen LogP contribution in [-0.2, 0) is 0 Å². The van der Waals surface area contributed by atoms with Crippen LogP contribution in [0.4, 0.5) is 11.5 Å². The molecule has 0 unspecified atom stereocenters. The van der Waals surface area contributed by atoms with Crippen molar-refractivity contribution < 1.29 is 0 Å². The Labute approximate surface area is 106 Å². The zero-order valence-corrected chi connectivity index (χ0v) is 10.9. The minimum absolute atomic E-state index is 0.451. The van der Waals surface area contributed by atoms with Gasteiger partial charge in [-0.1, -0.05) is 29.3 Å². The first-order valence-corrected chi connectivity index (χ1v) is 5.74. The van der Waals surface area contributed by atoms with E-state index in [2.05, 4.69) is 42.0 Å². The third-order valence-electron chi connectivity index (χ3n) is 2.68. The molecule has 1 heterocycles. The number of halogens is 1. The molecule has 0 amide bonds. The summed E-state index contributed by atoms with van der Waals surface area (Å²) in [7, 11) is 1.97. The molecule has 17 heavy (non-hydrogen) atoms. The number of anilines is 2. The zero-order chi connectivity index (χ0) is 12.4. The van der Waals surface area contributed by atoms with Crippen molar-refractivity contribution >= 4 is 23.1 Å². The van der Waals surface area contributed by atoms with Crippen molar-refractivity contribution in [3.05, 3.63) is 46.9 Å². The Kier molecular flexibility index (Phi) is 3.29. The van der Waals surface area contributed by atoms with Gasteiger partial charge >= 0.3 is 0 Å². The van der Waals surface area contributed by atoms with Gasteiger partial charge in [0.05, 0.1) is 0 Å². The van der Waals surface area contributed by atoms with Crippen molar-refractivity contribution in [3.8, 4) is 0 Å². The fourth-order valence-corrected chi connectivity index (χ4v) is 1.95. The Morgan fingerprint density at radius 2 is 1.88 bits per heavy atom. The molecule has 1 aromatic heterocycles. The van der Waals surface area contributed by atoms with Crippen LogP contribution < -0.4 is 4.90 Å². The molecule has 0 aliphatic rings. The molecule has 0 atom stereocenters. The van der Waals surface area contributed by atoms with Crippen LogP contribution in [0.3, 0.4) is 0 Å². The van der Waals surface area contributed by atoms with Gasteiger partial charge < -0.3 is 4.90 Å². The molecule has 2 rings (SSSR count). The maximum absolute atomic E-state index is 5.86. The van der Waals surface area contributed by atoms with Crippen LogP contribution in [0.5, 0.6) is 0 Å². The van der Waals surface area contributed by atoms with Crippen LogP contribution in [-0.4, -0.2) is 17.0 Å². The smallest absolute Gasteiger partial charge is 0.137 e. The Hall–Kier alpha value is -1.61. The summed E-state index contributed by atoms with van der Waals surface area (Å²) in [6.45, 7) is 4.17. The molecule has 4 heteroatoms. The lowest BCUT2D eigenvalue weighted by Gasteiger charge is -2.20. The highest BCUT2D eigenvalue weighted by Crippen LogP contribution is 2.26. The van der Waals surface area contributed by atoms with Gasteiger partial charge in [0.25, 0.3) is 0 Å². The molecule has 0 radical (unpaired) electrons. The Morgan fingerprint density at radius 1 is 1.12 bits per heavy atom.